The van der Waals surface area contributed by atoms with Gasteiger partial charge in [0.15, 0.2) is 0 Å². The predicted octanol–water partition coefficient (Wildman–Crippen LogP) is 2.92. The number of rotatable bonds is 7. The molecule has 0 saturated carbocycles. The van der Waals surface area contributed by atoms with Crippen molar-refractivity contribution in [3.63, 3.8) is 0 Å². The van der Waals surface area contributed by atoms with E-state index in [0.717, 1.165) is 32.1 Å². The number of allylic oxidation sites excluding steroid dienone is 8. The molecule has 1 unspecified atom stereocenters. The van der Waals surface area contributed by atoms with Gasteiger partial charge in [-0.2, -0.15) is 0 Å². The van der Waals surface area contributed by atoms with Crippen molar-refractivity contribution >= 4 is 14.9 Å². The third-order valence-corrected chi connectivity index (χ3v) is 10.7. The summed E-state index contributed by atoms with van der Waals surface area (Å²) < 4.78 is 1.42. The molecule has 3 aromatic rings. The Morgan fingerprint density at radius 1 is 0.841 bits per heavy atom. The van der Waals surface area contributed by atoms with Crippen molar-refractivity contribution < 1.29 is 49.0 Å². The minimum absolute atomic E-state index is 0. The molecular weight excluding hydrogens is 655 g/mol. The zero-order valence-electron chi connectivity index (χ0n) is 27.0. The summed E-state index contributed by atoms with van der Waals surface area (Å²) in [7, 11) is 0. The molecule has 3 aliphatic rings. The summed E-state index contributed by atoms with van der Waals surface area (Å²) in [5.41, 5.74) is 14.8. The van der Waals surface area contributed by atoms with Crippen LogP contribution in [0.1, 0.15) is 82.6 Å². The number of fused-ring (bicyclic) bond motifs is 2. The molecule has 3 aliphatic carbocycles. The number of benzene rings is 3. The van der Waals surface area contributed by atoms with Crippen molar-refractivity contribution in [2.45, 2.75) is 73.6 Å². The molecule has 44 heavy (non-hydrogen) atoms. The van der Waals surface area contributed by atoms with Crippen molar-refractivity contribution in [1.82, 2.24) is 0 Å². The molecule has 0 aliphatic heterocycles. The van der Waals surface area contributed by atoms with Gasteiger partial charge in [0.2, 0.25) is 0 Å². The number of hydrogen-bond acceptors (Lipinski definition) is 0. The normalized spacial score (nSPS) is 17.9. The van der Waals surface area contributed by atoms with Crippen molar-refractivity contribution in [2.75, 3.05) is 0 Å². The Labute approximate surface area is 292 Å². The number of halogens is 2. The van der Waals surface area contributed by atoms with Gasteiger partial charge < -0.3 is 24.8 Å². The maximum atomic E-state index is 3.92. The third-order valence-electron chi connectivity index (χ3n) is 9.27. The second kappa shape index (κ2) is 15.8. The minimum atomic E-state index is 0. The Morgan fingerprint density at radius 2 is 1.45 bits per heavy atom. The van der Waals surface area contributed by atoms with Gasteiger partial charge in [-0.05, 0) is 44.4 Å². The summed E-state index contributed by atoms with van der Waals surface area (Å²) in [4.78, 5) is 0. The first-order valence-corrected chi connectivity index (χ1v) is 16.9. The van der Waals surface area contributed by atoms with E-state index in [1.54, 1.807) is 16.7 Å². The maximum absolute atomic E-state index is 3.92. The van der Waals surface area contributed by atoms with Gasteiger partial charge in [0, 0.05) is 0 Å². The van der Waals surface area contributed by atoms with Gasteiger partial charge in [0.05, 0.1) is 0 Å². The zero-order valence-corrected chi connectivity index (χ0v) is 30.9. The van der Waals surface area contributed by atoms with Crippen LogP contribution in [-0.4, -0.2) is 3.21 Å². The summed E-state index contributed by atoms with van der Waals surface area (Å²) in [5, 5.41) is 2.78. The fourth-order valence-electron chi connectivity index (χ4n) is 7.16. The van der Waals surface area contributed by atoms with Crippen LogP contribution in [0.3, 0.4) is 0 Å². The number of hydrogen-bond donors (Lipinski definition) is 0. The summed E-state index contributed by atoms with van der Waals surface area (Å²) in [6.45, 7) is 14.0. The predicted molar refractivity (Wildman–Crippen MR) is 178 cm³/mol. The van der Waals surface area contributed by atoms with Gasteiger partial charge in [-0.3, -0.25) is 0 Å². The van der Waals surface area contributed by atoms with Crippen LogP contribution in [0.15, 0.2) is 119 Å². The number of aryl methyl sites for hydroxylation is 2. The topological polar surface area (TPSA) is 0 Å². The molecule has 0 fully saturated rings. The van der Waals surface area contributed by atoms with Gasteiger partial charge >= 0.3 is 99.2 Å². The van der Waals surface area contributed by atoms with E-state index in [9.17, 15) is 0 Å². The van der Waals surface area contributed by atoms with Crippen LogP contribution in [-0.2, 0) is 30.7 Å². The van der Waals surface area contributed by atoms with Gasteiger partial charge in [-0.15, -0.1) is 33.7 Å². The molecule has 3 aromatic carbocycles. The van der Waals surface area contributed by atoms with Gasteiger partial charge in [0.1, 0.15) is 0 Å². The van der Waals surface area contributed by atoms with Crippen LogP contribution in [0.4, 0.5) is 0 Å². The van der Waals surface area contributed by atoms with Crippen LogP contribution >= 0.6 is 0 Å². The molecule has 3 heteroatoms. The molecule has 0 amide bonds. The SMILES string of the molecule is CCC1=C(CC)C(C)(CC)C(C2=CC=CC2)=C2[C-]=c3cc(C)cc(CC)c3=C21.[Cl-].[Cl-].[Zr+2]=[C](c1ccccc1)c1ccccc1. The summed E-state index contributed by atoms with van der Waals surface area (Å²) >= 11 is 1.46. The third kappa shape index (κ3) is 6.77. The molecule has 0 spiro atoms. The quantitative estimate of drug-likeness (QED) is 0.334. The van der Waals surface area contributed by atoms with Gasteiger partial charge in [-0.1, -0.05) is 92.3 Å². The van der Waals surface area contributed by atoms with E-state index in [2.05, 4.69) is 139 Å². The molecule has 0 N–H and O–H groups in total. The Balaban J connectivity index is 0.000000280. The molecule has 0 radical (unpaired) electrons. The fourth-order valence-corrected chi connectivity index (χ4v) is 7.98. The average Bonchev–Trinajstić information content (AvgIpc) is 3.69. The van der Waals surface area contributed by atoms with E-state index in [1.165, 1.54) is 76.9 Å². The van der Waals surface area contributed by atoms with Crippen LogP contribution in [0.25, 0.3) is 11.6 Å². The molecule has 0 heterocycles. The van der Waals surface area contributed by atoms with E-state index in [-0.39, 0.29) is 30.2 Å². The molecule has 0 nitrogen and oxygen atoms in total. The molecule has 6 rings (SSSR count). The zero-order chi connectivity index (χ0) is 29.9. The first-order chi connectivity index (χ1) is 20.4. The fraction of sp³-hybridized carbons (Fsp3) is 0.293. The van der Waals surface area contributed by atoms with E-state index < -0.39 is 0 Å². The second-order valence-corrected chi connectivity index (χ2v) is 13.0. The average molecular weight is 698 g/mol. The van der Waals surface area contributed by atoms with Crippen LogP contribution < -0.4 is 35.3 Å². The molecule has 1 atom stereocenters. The van der Waals surface area contributed by atoms with Crippen LogP contribution in [0, 0.1) is 12.3 Å². The Bertz CT molecular complexity index is 1710. The first-order valence-electron chi connectivity index (χ1n) is 15.7. The van der Waals surface area contributed by atoms with Crippen molar-refractivity contribution in [3.05, 3.63) is 152 Å². The molecular formula is C41H43Cl2Zr-. The second-order valence-electron chi connectivity index (χ2n) is 11.7. The molecule has 0 saturated heterocycles. The first kappa shape index (κ1) is 36.2. The summed E-state index contributed by atoms with van der Waals surface area (Å²) in [6, 6.07) is 25.8. The van der Waals surface area contributed by atoms with Crippen molar-refractivity contribution in [1.29, 1.82) is 0 Å². The van der Waals surface area contributed by atoms with Crippen LogP contribution in [0.2, 0.25) is 0 Å². The van der Waals surface area contributed by atoms with Crippen molar-refractivity contribution in [3.8, 4) is 0 Å². The Morgan fingerprint density at radius 3 is 1.93 bits per heavy atom. The monoisotopic (exact) mass is 695 g/mol. The Kier molecular flexibility index (Phi) is 13.0. The van der Waals surface area contributed by atoms with Crippen LogP contribution in [0.5, 0.6) is 0 Å². The van der Waals surface area contributed by atoms with E-state index in [1.807, 2.05) is 0 Å². The van der Waals surface area contributed by atoms with Crippen molar-refractivity contribution in [2.24, 2.45) is 5.41 Å². The summed E-state index contributed by atoms with van der Waals surface area (Å²) in [6.07, 6.45) is 16.3. The van der Waals surface area contributed by atoms with Gasteiger partial charge in [-0.25, -0.2) is 0 Å². The van der Waals surface area contributed by atoms with E-state index >= 15 is 0 Å². The molecule has 0 bridgehead atoms. The van der Waals surface area contributed by atoms with E-state index in [4.69, 9.17) is 0 Å². The van der Waals surface area contributed by atoms with Gasteiger partial charge in [0.25, 0.3) is 0 Å². The molecule has 0 aromatic heterocycles. The Hall–Kier alpha value is -2.31. The molecule has 226 valence electrons. The summed E-state index contributed by atoms with van der Waals surface area (Å²) in [5.74, 6) is 0. The van der Waals surface area contributed by atoms with E-state index in [0.29, 0.717) is 0 Å². The standard InChI is InChI=1S/C28H33.C13H10.2ClH.Zr/c1-7-19-15-18(5)16-21-17-23-26(25(19)21)22(8-2)24(9-3)28(6,10-4)27(23)20-13-11-12-14-20;1-3-7-12(8-4-1)11-13-9-5-2-6-10-13;;;/h11-13,15-16H,7-10,14H2,1-6H3;1-10H;2*1H;/q-1;;;;+2/p-2.